The Morgan fingerprint density at radius 2 is 2.21 bits per heavy atom. The molecule has 1 aromatic carbocycles. The zero-order valence-corrected chi connectivity index (χ0v) is 20.0. The normalized spacial score (nSPS) is 20.9. The van der Waals surface area contributed by atoms with E-state index in [9.17, 15) is 14.3 Å². The van der Waals surface area contributed by atoms with Gasteiger partial charge in [0, 0.05) is 37.3 Å². The van der Waals surface area contributed by atoms with E-state index >= 15 is 0 Å². The number of rotatable bonds is 6. The first-order valence-corrected chi connectivity index (χ1v) is 12.6. The summed E-state index contributed by atoms with van der Waals surface area (Å²) in [5, 5.41) is 18.2. The number of fused-ring (bicyclic) bond motifs is 2. The first kappa shape index (κ1) is 23.4. The maximum atomic E-state index is 13.8. The number of halogens is 2. The molecule has 2 aromatic heterocycles. The maximum absolute atomic E-state index is 13.8. The number of nitrogens with one attached hydrogen (secondary N) is 2. The minimum absolute atomic E-state index is 0.0379. The Hall–Kier alpha value is -2.30. The van der Waals surface area contributed by atoms with Crippen molar-refractivity contribution in [3.05, 3.63) is 58.6 Å². The molecule has 10 heteroatoms. The summed E-state index contributed by atoms with van der Waals surface area (Å²) in [6.45, 7) is 2.59. The van der Waals surface area contributed by atoms with Crippen LogP contribution in [-0.2, 0) is 17.8 Å². The molecule has 3 N–H and O–H groups in total. The lowest BCUT2D eigenvalue weighted by Gasteiger charge is -2.36. The quantitative estimate of drug-likeness (QED) is 0.477. The van der Waals surface area contributed by atoms with E-state index in [1.807, 2.05) is 12.1 Å². The van der Waals surface area contributed by atoms with Gasteiger partial charge in [-0.05, 0) is 55.3 Å². The lowest BCUT2D eigenvalue weighted by atomic mass is 10.0. The highest BCUT2D eigenvalue weighted by Gasteiger charge is 2.27. The number of aliphatic hydroxyl groups is 1. The van der Waals surface area contributed by atoms with Gasteiger partial charge < -0.3 is 20.6 Å². The topological polar surface area (TPSA) is 90.4 Å². The number of nitrogens with zero attached hydrogens (tertiary/aromatic N) is 3. The molecule has 2 aliphatic rings. The summed E-state index contributed by atoms with van der Waals surface area (Å²) in [5.74, 6) is 0.675. The van der Waals surface area contributed by atoms with Crippen molar-refractivity contribution >= 4 is 46.0 Å². The maximum Gasteiger partial charge on any atom is 0.235 e. The van der Waals surface area contributed by atoms with E-state index in [4.69, 9.17) is 11.6 Å². The van der Waals surface area contributed by atoms with Gasteiger partial charge >= 0.3 is 0 Å². The van der Waals surface area contributed by atoms with Crippen LogP contribution in [0.1, 0.15) is 17.7 Å². The zero-order valence-electron chi connectivity index (χ0n) is 18.4. The summed E-state index contributed by atoms with van der Waals surface area (Å²) in [4.78, 5) is 23.6. The third kappa shape index (κ3) is 5.18. The van der Waals surface area contributed by atoms with Gasteiger partial charge in [0.25, 0.3) is 0 Å². The summed E-state index contributed by atoms with van der Waals surface area (Å²) >= 11 is 7.87. The summed E-state index contributed by atoms with van der Waals surface area (Å²) < 4.78 is 13.8. The molecule has 0 radical (unpaired) electrons. The van der Waals surface area contributed by atoms with Crippen LogP contribution in [0.2, 0.25) is 5.02 Å². The van der Waals surface area contributed by atoms with E-state index < -0.39 is 6.10 Å². The van der Waals surface area contributed by atoms with Crippen molar-refractivity contribution in [3.8, 4) is 0 Å². The largest absolute Gasteiger partial charge is 0.390 e. The van der Waals surface area contributed by atoms with Crippen LogP contribution in [0.3, 0.4) is 0 Å². The lowest BCUT2D eigenvalue weighted by molar-refractivity contribution is -0.113. The third-order valence-corrected chi connectivity index (χ3v) is 7.68. The molecule has 4 heterocycles. The molecule has 3 aromatic rings. The highest BCUT2D eigenvalue weighted by molar-refractivity contribution is 8.00. The van der Waals surface area contributed by atoms with Crippen molar-refractivity contribution in [2.45, 2.75) is 36.4 Å². The van der Waals surface area contributed by atoms with E-state index in [2.05, 4.69) is 25.5 Å². The van der Waals surface area contributed by atoms with Crippen molar-refractivity contribution in [2.24, 2.45) is 0 Å². The Morgan fingerprint density at radius 3 is 3.06 bits per heavy atom. The standard InChI is InChI=1S/C24H25ClFN5O2S/c25-18-11-28-19-3-1-14(26)9-17(19)16(18)5-7-31-8-6-20(21(32)12-31)27-10-15-2-4-22-24(29-15)30-23(33)13-34-22/h1-4,9,11,20-21,27,32H,5-8,10,12-13H2,(H,29,30,33)/t20-,21-/m1/s1. The smallest absolute Gasteiger partial charge is 0.235 e. The number of β-amino-alcohol motifs (C(OH)–C–C–N with tert-alkyl or cyclic N) is 1. The molecule has 7 nitrogen and oxygen atoms in total. The number of piperidine rings is 1. The fourth-order valence-electron chi connectivity index (χ4n) is 4.50. The molecule has 0 aliphatic carbocycles. The monoisotopic (exact) mass is 501 g/mol. The minimum Gasteiger partial charge on any atom is -0.390 e. The van der Waals surface area contributed by atoms with E-state index in [1.165, 1.54) is 23.9 Å². The molecule has 1 saturated heterocycles. The van der Waals surface area contributed by atoms with Crippen LogP contribution < -0.4 is 10.6 Å². The Morgan fingerprint density at radius 1 is 1.32 bits per heavy atom. The third-order valence-electron chi connectivity index (χ3n) is 6.31. The second kappa shape index (κ2) is 10.1. The number of amides is 1. The molecule has 0 spiro atoms. The van der Waals surface area contributed by atoms with Gasteiger partial charge in [-0.3, -0.25) is 9.78 Å². The molecule has 5 rings (SSSR count). The fraction of sp³-hybridized carbons (Fsp3) is 0.375. The number of pyridine rings is 2. The number of thioether (sulfide) groups is 1. The second-order valence-corrected chi connectivity index (χ2v) is 10.1. The Balaban J connectivity index is 1.16. The average molecular weight is 502 g/mol. The highest BCUT2D eigenvalue weighted by Crippen LogP contribution is 2.30. The molecule has 2 atom stereocenters. The molecular formula is C24H25ClFN5O2S. The lowest BCUT2D eigenvalue weighted by Crippen LogP contribution is -2.52. The first-order chi connectivity index (χ1) is 16.5. The predicted octanol–water partition coefficient (Wildman–Crippen LogP) is 3.23. The van der Waals surface area contributed by atoms with Gasteiger partial charge in [0.2, 0.25) is 5.91 Å². The molecule has 0 saturated carbocycles. The number of aliphatic hydroxyl groups excluding tert-OH is 1. The van der Waals surface area contributed by atoms with E-state index in [1.54, 1.807) is 12.3 Å². The van der Waals surface area contributed by atoms with E-state index in [-0.39, 0.29) is 17.8 Å². The molecule has 0 bridgehead atoms. The van der Waals surface area contributed by atoms with Crippen molar-refractivity contribution in [2.75, 3.05) is 30.7 Å². The molecule has 1 fully saturated rings. The van der Waals surface area contributed by atoms with Gasteiger partial charge in [-0.1, -0.05) is 11.6 Å². The number of benzene rings is 1. The molecular weight excluding hydrogens is 477 g/mol. The molecule has 0 unspecified atom stereocenters. The number of hydrogen-bond acceptors (Lipinski definition) is 7. The van der Waals surface area contributed by atoms with Gasteiger partial charge in [-0.2, -0.15) is 0 Å². The van der Waals surface area contributed by atoms with Crippen LogP contribution in [-0.4, -0.2) is 63.4 Å². The van der Waals surface area contributed by atoms with Crippen molar-refractivity contribution in [3.63, 3.8) is 0 Å². The van der Waals surface area contributed by atoms with Crippen molar-refractivity contribution < 1.29 is 14.3 Å². The van der Waals surface area contributed by atoms with E-state index in [0.29, 0.717) is 42.6 Å². The Bertz CT molecular complexity index is 1220. The molecule has 178 valence electrons. The number of carbonyl (C=O) groups is 1. The summed E-state index contributed by atoms with van der Waals surface area (Å²) in [5.41, 5.74) is 2.42. The highest BCUT2D eigenvalue weighted by atomic mass is 35.5. The van der Waals surface area contributed by atoms with Crippen molar-refractivity contribution in [1.29, 1.82) is 0 Å². The molecule has 1 amide bonds. The number of likely N-dealkylation sites (tertiary alicyclic amines) is 1. The number of carbonyl (C=O) groups excluding carboxylic acids is 1. The SMILES string of the molecule is O=C1CSc2ccc(CN[C@@H]3CCN(CCc4c(Cl)cnc5ccc(F)cc45)C[C@H]3O)nc2N1. The van der Waals surface area contributed by atoms with Crippen LogP contribution >= 0.6 is 23.4 Å². The van der Waals surface area contributed by atoms with Crippen molar-refractivity contribution in [1.82, 2.24) is 20.2 Å². The summed E-state index contributed by atoms with van der Waals surface area (Å²) in [7, 11) is 0. The van der Waals surface area contributed by atoms with Crippen LogP contribution in [0.5, 0.6) is 0 Å². The molecule has 34 heavy (non-hydrogen) atoms. The second-order valence-electron chi connectivity index (χ2n) is 8.63. The van der Waals surface area contributed by atoms with Gasteiger partial charge in [0.15, 0.2) is 0 Å². The first-order valence-electron chi connectivity index (χ1n) is 11.3. The van der Waals surface area contributed by atoms with Gasteiger partial charge in [0.05, 0.1) is 33.0 Å². The van der Waals surface area contributed by atoms with Crippen LogP contribution in [0, 0.1) is 5.82 Å². The van der Waals surface area contributed by atoms with Crippen LogP contribution in [0.15, 0.2) is 41.4 Å². The van der Waals surface area contributed by atoms with Gasteiger partial charge in [-0.15, -0.1) is 11.8 Å². The number of aromatic nitrogens is 2. The van der Waals surface area contributed by atoms with Crippen LogP contribution in [0.25, 0.3) is 10.9 Å². The van der Waals surface area contributed by atoms with Gasteiger partial charge in [0.1, 0.15) is 11.6 Å². The number of anilines is 1. The molecule has 2 aliphatic heterocycles. The number of hydrogen-bond donors (Lipinski definition) is 3. The van der Waals surface area contributed by atoms with Crippen LogP contribution in [0.4, 0.5) is 10.2 Å². The minimum atomic E-state index is -0.524. The van der Waals surface area contributed by atoms with Gasteiger partial charge in [-0.25, -0.2) is 9.37 Å². The zero-order chi connectivity index (χ0) is 23.7. The average Bonchev–Trinajstić information content (AvgIpc) is 2.82. The summed E-state index contributed by atoms with van der Waals surface area (Å²) in [6, 6.07) is 8.42. The Labute approximate surface area is 206 Å². The Kier molecular flexibility index (Phi) is 6.99. The predicted molar refractivity (Wildman–Crippen MR) is 132 cm³/mol. The summed E-state index contributed by atoms with van der Waals surface area (Å²) in [6.07, 6.45) is 2.53. The fourth-order valence-corrected chi connectivity index (χ4v) is 5.50. The van der Waals surface area contributed by atoms with E-state index in [0.717, 1.165) is 40.0 Å².